The SMILES string of the molecule is O=C(OCc1ccccc1)c1ccccc1C(=O)OP(=O)(O)O. The number of phosphoric acid groups is 1. The Bertz CT molecular complexity index is 751. The van der Waals surface area contributed by atoms with E-state index in [1.807, 2.05) is 6.07 Å². The minimum Gasteiger partial charge on any atom is -0.457 e. The molecule has 0 aromatic heterocycles. The van der Waals surface area contributed by atoms with Gasteiger partial charge in [-0.25, -0.2) is 14.2 Å². The summed E-state index contributed by atoms with van der Waals surface area (Å²) >= 11 is 0. The van der Waals surface area contributed by atoms with E-state index < -0.39 is 19.8 Å². The van der Waals surface area contributed by atoms with Crippen molar-refractivity contribution in [1.29, 1.82) is 0 Å². The van der Waals surface area contributed by atoms with Crippen molar-refractivity contribution < 1.29 is 33.2 Å². The Labute approximate surface area is 131 Å². The summed E-state index contributed by atoms with van der Waals surface area (Å²) in [5.41, 5.74) is 0.340. The van der Waals surface area contributed by atoms with Crippen LogP contribution >= 0.6 is 7.82 Å². The largest absolute Gasteiger partial charge is 0.527 e. The third-order valence-corrected chi connectivity index (χ3v) is 3.19. The summed E-state index contributed by atoms with van der Waals surface area (Å²) in [6.45, 7) is 0.00154. The topological polar surface area (TPSA) is 110 Å². The van der Waals surface area contributed by atoms with Crippen LogP contribution in [-0.4, -0.2) is 21.7 Å². The number of rotatable bonds is 5. The summed E-state index contributed by atoms with van der Waals surface area (Å²) in [5, 5.41) is 0. The maximum atomic E-state index is 12.1. The summed E-state index contributed by atoms with van der Waals surface area (Å²) in [5.74, 6) is -2.10. The molecule has 2 N–H and O–H groups in total. The highest BCUT2D eigenvalue weighted by Crippen LogP contribution is 2.37. The first kappa shape index (κ1) is 16.9. The molecule has 2 rings (SSSR count). The quantitative estimate of drug-likeness (QED) is 0.636. The fourth-order valence-corrected chi connectivity index (χ4v) is 2.11. The summed E-state index contributed by atoms with van der Waals surface area (Å²) in [4.78, 5) is 41.2. The highest BCUT2D eigenvalue weighted by atomic mass is 31.2. The van der Waals surface area contributed by atoms with Crippen molar-refractivity contribution >= 4 is 19.8 Å². The van der Waals surface area contributed by atoms with Crippen LogP contribution in [0.4, 0.5) is 0 Å². The summed E-state index contributed by atoms with van der Waals surface area (Å²) in [7, 11) is -5.00. The Balaban J connectivity index is 2.14. The second kappa shape index (κ2) is 7.19. The van der Waals surface area contributed by atoms with Crippen LogP contribution in [0.1, 0.15) is 26.3 Å². The van der Waals surface area contributed by atoms with E-state index in [1.54, 1.807) is 24.3 Å². The Morgan fingerprint density at radius 2 is 1.39 bits per heavy atom. The normalized spacial score (nSPS) is 10.9. The van der Waals surface area contributed by atoms with Crippen LogP contribution in [0.15, 0.2) is 54.6 Å². The average Bonchev–Trinajstić information content (AvgIpc) is 2.52. The molecule has 7 nitrogen and oxygen atoms in total. The van der Waals surface area contributed by atoms with Crippen molar-refractivity contribution in [2.75, 3.05) is 0 Å². The van der Waals surface area contributed by atoms with Gasteiger partial charge in [-0.2, -0.15) is 0 Å². The number of phosphoric ester groups is 1. The molecule has 0 aliphatic heterocycles. The summed E-state index contributed by atoms with van der Waals surface area (Å²) in [6, 6.07) is 14.4. The minimum atomic E-state index is -5.00. The van der Waals surface area contributed by atoms with E-state index in [9.17, 15) is 14.2 Å². The van der Waals surface area contributed by atoms with Gasteiger partial charge in [-0.1, -0.05) is 42.5 Å². The molecule has 0 saturated carbocycles. The smallest absolute Gasteiger partial charge is 0.457 e. The van der Waals surface area contributed by atoms with Gasteiger partial charge in [0.05, 0.1) is 11.1 Å². The predicted molar refractivity (Wildman–Crippen MR) is 79.5 cm³/mol. The second-order valence-electron chi connectivity index (χ2n) is 4.48. The molecule has 120 valence electrons. The third-order valence-electron chi connectivity index (χ3n) is 2.78. The number of carbonyl (C=O) groups is 2. The van der Waals surface area contributed by atoms with Gasteiger partial charge in [-0.3, -0.25) is 9.79 Å². The molecule has 0 spiro atoms. The summed E-state index contributed by atoms with van der Waals surface area (Å²) < 4.78 is 19.8. The van der Waals surface area contributed by atoms with Crippen LogP contribution in [0.25, 0.3) is 0 Å². The molecule has 0 aliphatic rings. The zero-order valence-corrected chi connectivity index (χ0v) is 12.7. The number of hydrogen-bond donors (Lipinski definition) is 2. The molecule has 0 radical (unpaired) electrons. The zero-order valence-electron chi connectivity index (χ0n) is 11.8. The van der Waals surface area contributed by atoms with Crippen molar-refractivity contribution in [2.24, 2.45) is 0 Å². The van der Waals surface area contributed by atoms with Gasteiger partial charge in [0.25, 0.3) is 0 Å². The fourth-order valence-electron chi connectivity index (χ4n) is 1.80. The van der Waals surface area contributed by atoms with E-state index in [0.29, 0.717) is 0 Å². The van der Waals surface area contributed by atoms with Crippen LogP contribution < -0.4 is 0 Å². The van der Waals surface area contributed by atoms with Gasteiger partial charge in [0.2, 0.25) is 0 Å². The second-order valence-corrected chi connectivity index (χ2v) is 5.64. The van der Waals surface area contributed by atoms with Gasteiger partial charge in [0.15, 0.2) is 0 Å². The Kier molecular flexibility index (Phi) is 5.28. The monoisotopic (exact) mass is 336 g/mol. The number of benzene rings is 2. The fraction of sp³-hybridized carbons (Fsp3) is 0.0667. The van der Waals surface area contributed by atoms with Crippen molar-refractivity contribution in [2.45, 2.75) is 6.61 Å². The van der Waals surface area contributed by atoms with Gasteiger partial charge < -0.3 is 9.26 Å². The van der Waals surface area contributed by atoms with Crippen LogP contribution in [0, 0.1) is 0 Å². The van der Waals surface area contributed by atoms with E-state index in [0.717, 1.165) is 5.56 Å². The molecule has 0 atom stereocenters. The van der Waals surface area contributed by atoms with Gasteiger partial charge in [-0.05, 0) is 17.7 Å². The molecule has 2 aromatic carbocycles. The molecule has 0 bridgehead atoms. The van der Waals surface area contributed by atoms with Crippen LogP contribution in [0.3, 0.4) is 0 Å². The number of ether oxygens (including phenoxy) is 1. The van der Waals surface area contributed by atoms with Crippen molar-refractivity contribution in [3.8, 4) is 0 Å². The standard InChI is InChI=1S/C15H13O7P/c16-14(21-10-11-6-2-1-3-7-11)12-8-4-5-9-13(12)15(17)22-23(18,19)20/h1-9H,10H2,(H2,18,19,20). The Morgan fingerprint density at radius 3 is 1.96 bits per heavy atom. The lowest BCUT2D eigenvalue weighted by Gasteiger charge is -2.10. The number of hydrogen-bond acceptors (Lipinski definition) is 5. The van der Waals surface area contributed by atoms with E-state index in [-0.39, 0.29) is 17.7 Å². The van der Waals surface area contributed by atoms with Crippen LogP contribution in [0.5, 0.6) is 0 Å². The molecule has 0 saturated heterocycles. The minimum absolute atomic E-state index is 0.00154. The highest BCUT2D eigenvalue weighted by Gasteiger charge is 2.25. The van der Waals surface area contributed by atoms with E-state index in [4.69, 9.17) is 14.5 Å². The maximum absolute atomic E-state index is 12.1. The average molecular weight is 336 g/mol. The molecule has 0 amide bonds. The number of esters is 1. The molecule has 0 heterocycles. The van der Waals surface area contributed by atoms with Crippen molar-refractivity contribution in [1.82, 2.24) is 0 Å². The maximum Gasteiger partial charge on any atom is 0.527 e. The molecule has 0 fully saturated rings. The first-order valence-corrected chi connectivity index (χ1v) is 7.99. The number of carbonyl (C=O) groups excluding carboxylic acids is 2. The molecular formula is C15H13O7P. The first-order chi connectivity index (χ1) is 10.9. The molecule has 0 aliphatic carbocycles. The lowest BCUT2D eigenvalue weighted by Crippen LogP contribution is -2.13. The predicted octanol–water partition coefficient (Wildman–Crippen LogP) is 2.29. The Hall–Kier alpha value is -2.47. The summed E-state index contributed by atoms with van der Waals surface area (Å²) in [6.07, 6.45) is 0. The van der Waals surface area contributed by atoms with E-state index in [1.165, 1.54) is 24.3 Å². The van der Waals surface area contributed by atoms with Gasteiger partial charge in [0, 0.05) is 0 Å². The van der Waals surface area contributed by atoms with Gasteiger partial charge >= 0.3 is 19.8 Å². The molecule has 2 aromatic rings. The van der Waals surface area contributed by atoms with Crippen LogP contribution in [-0.2, 0) is 20.4 Å². The van der Waals surface area contributed by atoms with Crippen molar-refractivity contribution in [3.63, 3.8) is 0 Å². The molecule has 0 unspecified atom stereocenters. The van der Waals surface area contributed by atoms with Crippen molar-refractivity contribution in [3.05, 3.63) is 71.3 Å². The molecule has 23 heavy (non-hydrogen) atoms. The lowest BCUT2D eigenvalue weighted by atomic mass is 10.1. The van der Waals surface area contributed by atoms with E-state index in [2.05, 4.69) is 4.52 Å². The van der Waals surface area contributed by atoms with Gasteiger partial charge in [0.1, 0.15) is 6.61 Å². The van der Waals surface area contributed by atoms with Gasteiger partial charge in [-0.15, -0.1) is 0 Å². The first-order valence-electron chi connectivity index (χ1n) is 6.46. The van der Waals surface area contributed by atoms with Crippen LogP contribution in [0.2, 0.25) is 0 Å². The lowest BCUT2D eigenvalue weighted by molar-refractivity contribution is 0.0462. The zero-order chi connectivity index (χ0) is 16.9. The Morgan fingerprint density at radius 1 is 0.870 bits per heavy atom. The highest BCUT2D eigenvalue weighted by molar-refractivity contribution is 7.46. The molecule has 8 heteroatoms. The van der Waals surface area contributed by atoms with E-state index >= 15 is 0 Å². The third kappa shape index (κ3) is 5.03. The molecular weight excluding hydrogens is 323 g/mol.